The van der Waals surface area contributed by atoms with Gasteiger partial charge in [-0.25, -0.2) is 0 Å². The predicted molar refractivity (Wildman–Crippen MR) is 93.0 cm³/mol. The highest BCUT2D eigenvalue weighted by molar-refractivity contribution is 5.85. The second-order valence-corrected chi connectivity index (χ2v) is 6.85. The van der Waals surface area contributed by atoms with Crippen LogP contribution in [0.25, 0.3) is 0 Å². The van der Waals surface area contributed by atoms with Crippen molar-refractivity contribution < 1.29 is 14.3 Å². The molecule has 2 heterocycles. The maximum absolute atomic E-state index is 12.8. The second-order valence-electron chi connectivity index (χ2n) is 6.85. The summed E-state index contributed by atoms with van der Waals surface area (Å²) in [6.45, 7) is 7.75. The van der Waals surface area contributed by atoms with E-state index < -0.39 is 5.60 Å². The number of ether oxygens (including phenoxy) is 2. The first kappa shape index (κ1) is 17.4. The number of hydrogen-bond donors (Lipinski definition) is 0. The Morgan fingerprint density at radius 1 is 1.12 bits per heavy atom. The van der Waals surface area contributed by atoms with E-state index in [2.05, 4.69) is 29.2 Å². The Balaban J connectivity index is 1.50. The monoisotopic (exact) mass is 332 g/mol. The molecule has 1 aromatic carbocycles. The first-order valence-corrected chi connectivity index (χ1v) is 8.95. The number of aryl methyl sites for hydroxylation is 1. The van der Waals surface area contributed by atoms with Crippen LogP contribution in [0.2, 0.25) is 0 Å². The van der Waals surface area contributed by atoms with Gasteiger partial charge in [0.1, 0.15) is 0 Å². The van der Waals surface area contributed by atoms with Gasteiger partial charge < -0.3 is 14.4 Å². The lowest BCUT2D eigenvalue weighted by atomic mass is 10.0. The van der Waals surface area contributed by atoms with Gasteiger partial charge in [-0.2, -0.15) is 0 Å². The van der Waals surface area contributed by atoms with E-state index in [1.807, 2.05) is 17.9 Å². The average Bonchev–Trinajstić information content (AvgIpc) is 2.63. The van der Waals surface area contributed by atoms with E-state index in [9.17, 15) is 4.79 Å². The van der Waals surface area contributed by atoms with Gasteiger partial charge in [-0.1, -0.05) is 30.3 Å². The molecule has 0 radical (unpaired) electrons. The van der Waals surface area contributed by atoms with Gasteiger partial charge >= 0.3 is 0 Å². The first-order valence-electron chi connectivity index (χ1n) is 8.95. The van der Waals surface area contributed by atoms with Crippen molar-refractivity contribution in [3.8, 4) is 0 Å². The lowest BCUT2D eigenvalue weighted by Gasteiger charge is -2.42. The minimum absolute atomic E-state index is 0.110. The first-order chi connectivity index (χ1) is 11.7. The molecule has 2 aliphatic rings. The van der Waals surface area contributed by atoms with Crippen molar-refractivity contribution in [3.63, 3.8) is 0 Å². The molecule has 2 aliphatic heterocycles. The molecule has 1 aromatic rings. The van der Waals surface area contributed by atoms with Gasteiger partial charge in [0.05, 0.1) is 19.8 Å². The van der Waals surface area contributed by atoms with Crippen molar-refractivity contribution in [1.29, 1.82) is 0 Å². The summed E-state index contributed by atoms with van der Waals surface area (Å²) in [6.07, 6.45) is 2.18. The van der Waals surface area contributed by atoms with Crippen molar-refractivity contribution in [3.05, 3.63) is 35.9 Å². The fourth-order valence-corrected chi connectivity index (χ4v) is 3.52. The minimum Gasteiger partial charge on any atom is -0.378 e. The zero-order chi connectivity index (χ0) is 16.8. The van der Waals surface area contributed by atoms with Crippen LogP contribution < -0.4 is 0 Å². The maximum Gasteiger partial charge on any atom is 0.256 e. The molecule has 2 saturated heterocycles. The van der Waals surface area contributed by atoms with Gasteiger partial charge in [0, 0.05) is 26.2 Å². The van der Waals surface area contributed by atoms with Gasteiger partial charge in [-0.05, 0) is 31.9 Å². The summed E-state index contributed by atoms with van der Waals surface area (Å²) in [6, 6.07) is 10.6. The van der Waals surface area contributed by atoms with Crippen LogP contribution in [0.1, 0.15) is 18.9 Å². The molecule has 2 fully saturated rings. The molecule has 24 heavy (non-hydrogen) atoms. The Morgan fingerprint density at radius 3 is 2.62 bits per heavy atom. The summed E-state index contributed by atoms with van der Waals surface area (Å²) in [7, 11) is 0. The van der Waals surface area contributed by atoms with Crippen molar-refractivity contribution in [2.45, 2.75) is 25.4 Å². The highest BCUT2D eigenvalue weighted by Crippen LogP contribution is 2.21. The molecule has 0 saturated carbocycles. The fraction of sp³-hybridized carbons (Fsp3) is 0.632. The quantitative estimate of drug-likeness (QED) is 0.821. The summed E-state index contributed by atoms with van der Waals surface area (Å²) in [5.74, 6) is 0.110. The SMILES string of the molecule is CC1(C(=O)N2CCOCC2)CN(CCCc2ccccc2)CCO1. The van der Waals surface area contributed by atoms with E-state index in [0.717, 1.165) is 25.9 Å². The van der Waals surface area contributed by atoms with Crippen molar-refractivity contribution in [2.24, 2.45) is 0 Å². The van der Waals surface area contributed by atoms with Crippen LogP contribution in [-0.2, 0) is 20.7 Å². The number of amides is 1. The predicted octanol–water partition coefficient (Wildman–Crippen LogP) is 1.57. The van der Waals surface area contributed by atoms with Crippen LogP contribution in [-0.4, -0.2) is 73.9 Å². The molecule has 3 rings (SSSR count). The van der Waals surface area contributed by atoms with Gasteiger partial charge in [0.25, 0.3) is 5.91 Å². The number of nitrogens with zero attached hydrogens (tertiary/aromatic N) is 2. The molecule has 1 amide bonds. The summed E-state index contributed by atoms with van der Waals surface area (Å²) in [4.78, 5) is 17.1. The highest BCUT2D eigenvalue weighted by atomic mass is 16.5. The van der Waals surface area contributed by atoms with Crippen LogP contribution in [0.5, 0.6) is 0 Å². The number of morpholine rings is 2. The van der Waals surface area contributed by atoms with Crippen molar-refractivity contribution in [2.75, 3.05) is 52.5 Å². The number of rotatable bonds is 5. The van der Waals surface area contributed by atoms with Crippen LogP contribution >= 0.6 is 0 Å². The summed E-state index contributed by atoms with van der Waals surface area (Å²) >= 11 is 0. The molecule has 1 atom stereocenters. The third-order valence-electron chi connectivity index (χ3n) is 4.89. The zero-order valence-corrected chi connectivity index (χ0v) is 14.6. The normalized spacial score (nSPS) is 25.6. The third kappa shape index (κ3) is 4.35. The van der Waals surface area contributed by atoms with E-state index in [-0.39, 0.29) is 5.91 Å². The Hall–Kier alpha value is -1.43. The van der Waals surface area contributed by atoms with Gasteiger partial charge in [0.15, 0.2) is 5.60 Å². The number of benzene rings is 1. The Labute approximate surface area is 144 Å². The van der Waals surface area contributed by atoms with E-state index in [4.69, 9.17) is 9.47 Å². The largest absolute Gasteiger partial charge is 0.378 e. The number of carbonyl (C=O) groups excluding carboxylic acids is 1. The van der Waals surface area contributed by atoms with Gasteiger partial charge in [-0.3, -0.25) is 9.69 Å². The molecule has 0 aliphatic carbocycles. The molecule has 0 aromatic heterocycles. The Kier molecular flexibility index (Phi) is 5.87. The smallest absolute Gasteiger partial charge is 0.256 e. The van der Waals surface area contributed by atoms with Gasteiger partial charge in [0.2, 0.25) is 0 Å². The molecule has 132 valence electrons. The molecular weight excluding hydrogens is 304 g/mol. The van der Waals surface area contributed by atoms with E-state index in [1.54, 1.807) is 0 Å². The van der Waals surface area contributed by atoms with E-state index >= 15 is 0 Å². The van der Waals surface area contributed by atoms with E-state index in [1.165, 1.54) is 5.56 Å². The maximum atomic E-state index is 12.8. The van der Waals surface area contributed by atoms with Crippen molar-refractivity contribution in [1.82, 2.24) is 9.80 Å². The lowest BCUT2D eigenvalue weighted by molar-refractivity contribution is -0.171. The molecule has 1 unspecified atom stereocenters. The fourth-order valence-electron chi connectivity index (χ4n) is 3.52. The van der Waals surface area contributed by atoms with Crippen molar-refractivity contribution >= 4 is 5.91 Å². The van der Waals surface area contributed by atoms with Crippen LogP contribution in [0, 0.1) is 0 Å². The zero-order valence-electron chi connectivity index (χ0n) is 14.6. The van der Waals surface area contributed by atoms with Gasteiger partial charge in [-0.15, -0.1) is 0 Å². The standard InChI is InChI=1S/C19H28N2O3/c1-19(18(22)21-11-13-23-14-12-21)16-20(10-15-24-19)9-5-8-17-6-3-2-4-7-17/h2-4,6-7H,5,8-16H2,1H3. The molecule has 0 N–H and O–H groups in total. The Morgan fingerprint density at radius 2 is 1.88 bits per heavy atom. The van der Waals surface area contributed by atoms with Crippen LogP contribution in [0.4, 0.5) is 0 Å². The lowest BCUT2D eigenvalue weighted by Crippen LogP contribution is -2.60. The highest BCUT2D eigenvalue weighted by Gasteiger charge is 2.41. The molecule has 0 spiro atoms. The molecule has 5 heteroatoms. The second kappa shape index (κ2) is 8.10. The topological polar surface area (TPSA) is 42.0 Å². The minimum atomic E-state index is -0.720. The Bertz CT molecular complexity index is 531. The van der Waals surface area contributed by atoms with Crippen LogP contribution in [0.3, 0.4) is 0 Å². The average molecular weight is 332 g/mol. The molecule has 0 bridgehead atoms. The summed E-state index contributed by atoms with van der Waals surface area (Å²) < 4.78 is 11.2. The summed E-state index contributed by atoms with van der Waals surface area (Å²) in [5, 5.41) is 0. The third-order valence-corrected chi connectivity index (χ3v) is 4.89. The van der Waals surface area contributed by atoms with E-state index in [0.29, 0.717) is 39.5 Å². The summed E-state index contributed by atoms with van der Waals surface area (Å²) in [5.41, 5.74) is 0.653. The van der Waals surface area contributed by atoms with Crippen LogP contribution in [0.15, 0.2) is 30.3 Å². The number of hydrogen-bond acceptors (Lipinski definition) is 4. The number of carbonyl (C=O) groups is 1. The molecule has 5 nitrogen and oxygen atoms in total. The molecular formula is C19H28N2O3.